The van der Waals surface area contributed by atoms with Gasteiger partial charge in [0.2, 0.25) is 0 Å². The average Bonchev–Trinajstić information content (AvgIpc) is 2.53. The fourth-order valence-electron chi connectivity index (χ4n) is 1.09. The first kappa shape index (κ1) is 9.75. The van der Waals surface area contributed by atoms with Gasteiger partial charge in [0.15, 0.2) is 0 Å². The van der Waals surface area contributed by atoms with Gasteiger partial charge in [0, 0.05) is 10.3 Å². The number of rotatable bonds is 3. The van der Waals surface area contributed by atoms with Crippen molar-refractivity contribution in [1.82, 2.24) is 0 Å². The van der Waals surface area contributed by atoms with Crippen LogP contribution < -0.4 is 0 Å². The molecule has 0 aromatic carbocycles. The second-order valence-electron chi connectivity index (χ2n) is 2.65. The Morgan fingerprint density at radius 2 is 2.54 bits per heavy atom. The molecule has 0 spiro atoms. The lowest BCUT2D eigenvalue weighted by Gasteiger charge is -2.05. The van der Waals surface area contributed by atoms with Gasteiger partial charge in [0.05, 0.1) is 11.5 Å². The molecule has 3 nitrogen and oxygen atoms in total. The van der Waals surface area contributed by atoms with Crippen LogP contribution in [0.5, 0.6) is 0 Å². The molecular weight excluding hydrogens is 186 g/mol. The molecule has 1 aromatic rings. The van der Waals surface area contributed by atoms with Gasteiger partial charge in [-0.05, 0) is 12.5 Å². The average molecular weight is 195 g/mol. The molecule has 1 atom stereocenters. The van der Waals surface area contributed by atoms with Gasteiger partial charge in [-0.3, -0.25) is 4.79 Å². The minimum atomic E-state index is -0.825. The second kappa shape index (κ2) is 4.06. The fourth-order valence-corrected chi connectivity index (χ4v) is 2.10. The number of hydrogen-bond donors (Lipinski definition) is 1. The van der Waals surface area contributed by atoms with Crippen molar-refractivity contribution in [2.75, 3.05) is 0 Å². The van der Waals surface area contributed by atoms with E-state index in [1.54, 1.807) is 11.4 Å². The Bertz CT molecular complexity index is 351. The van der Waals surface area contributed by atoms with E-state index >= 15 is 0 Å². The summed E-state index contributed by atoms with van der Waals surface area (Å²) >= 11 is 1.33. The third kappa shape index (κ3) is 2.07. The van der Waals surface area contributed by atoms with E-state index in [0.29, 0.717) is 12.0 Å². The predicted octanol–water partition coefficient (Wildman–Crippen LogP) is 2.20. The molecule has 0 aliphatic rings. The van der Waals surface area contributed by atoms with E-state index in [0.717, 1.165) is 4.88 Å². The van der Waals surface area contributed by atoms with E-state index < -0.39 is 11.9 Å². The molecule has 1 N–H and O–H groups in total. The number of nitriles is 1. The smallest absolute Gasteiger partial charge is 0.311 e. The molecule has 1 rings (SSSR count). The Morgan fingerprint density at radius 1 is 1.85 bits per heavy atom. The molecule has 0 bridgehead atoms. The monoisotopic (exact) mass is 195 g/mol. The third-order valence-corrected chi connectivity index (χ3v) is 2.84. The summed E-state index contributed by atoms with van der Waals surface area (Å²) in [6.07, 6.45) is 0.556. The molecule has 0 saturated carbocycles. The number of carboxylic acids is 1. The topological polar surface area (TPSA) is 61.1 Å². The van der Waals surface area contributed by atoms with Gasteiger partial charge < -0.3 is 5.11 Å². The van der Waals surface area contributed by atoms with E-state index in [9.17, 15) is 4.79 Å². The van der Waals surface area contributed by atoms with Crippen molar-refractivity contribution < 1.29 is 9.90 Å². The van der Waals surface area contributed by atoms with Crippen LogP contribution in [0.4, 0.5) is 0 Å². The highest BCUT2D eigenvalue weighted by Crippen LogP contribution is 2.26. The minimum Gasteiger partial charge on any atom is -0.481 e. The number of carbonyl (C=O) groups is 1. The standard InChI is InChI=1S/C9H9NO2S/c1-2-7(9(11)12)8-3-6(4-10)5-13-8/h3,5,7H,2H2,1H3,(H,11,12). The predicted molar refractivity (Wildman–Crippen MR) is 49.7 cm³/mol. The van der Waals surface area contributed by atoms with E-state index in [-0.39, 0.29) is 0 Å². The second-order valence-corrected chi connectivity index (χ2v) is 3.59. The van der Waals surface area contributed by atoms with Crippen molar-refractivity contribution in [2.24, 2.45) is 0 Å². The van der Waals surface area contributed by atoms with Crippen LogP contribution in [0.3, 0.4) is 0 Å². The number of carboxylic acid groups (broad SMARTS) is 1. The van der Waals surface area contributed by atoms with Crippen molar-refractivity contribution in [3.63, 3.8) is 0 Å². The quantitative estimate of drug-likeness (QED) is 0.804. The van der Waals surface area contributed by atoms with Gasteiger partial charge in [-0.15, -0.1) is 11.3 Å². The van der Waals surface area contributed by atoms with E-state index in [1.807, 2.05) is 13.0 Å². The van der Waals surface area contributed by atoms with Crippen LogP contribution in [0.15, 0.2) is 11.4 Å². The van der Waals surface area contributed by atoms with E-state index in [2.05, 4.69) is 0 Å². The zero-order valence-corrected chi connectivity index (χ0v) is 7.97. The zero-order chi connectivity index (χ0) is 9.84. The first-order chi connectivity index (χ1) is 6.19. The molecule has 1 unspecified atom stereocenters. The van der Waals surface area contributed by atoms with Crippen LogP contribution in [-0.2, 0) is 4.79 Å². The minimum absolute atomic E-state index is 0.466. The van der Waals surface area contributed by atoms with Crippen LogP contribution in [0.25, 0.3) is 0 Å². The van der Waals surface area contributed by atoms with Crippen molar-refractivity contribution >= 4 is 17.3 Å². The van der Waals surface area contributed by atoms with Gasteiger partial charge in [-0.1, -0.05) is 6.92 Å². The SMILES string of the molecule is CCC(C(=O)O)c1cc(C#N)cs1. The molecule has 0 fully saturated rings. The fraction of sp³-hybridized carbons (Fsp3) is 0.333. The van der Waals surface area contributed by atoms with Gasteiger partial charge >= 0.3 is 5.97 Å². The van der Waals surface area contributed by atoms with Crippen LogP contribution in [0.2, 0.25) is 0 Å². The Labute approximate surface area is 80.2 Å². The Hall–Kier alpha value is -1.34. The summed E-state index contributed by atoms with van der Waals surface area (Å²) in [6, 6.07) is 3.63. The normalized spacial score (nSPS) is 12.0. The molecule has 0 aliphatic carbocycles. The Kier molecular flexibility index (Phi) is 3.04. The first-order valence-electron chi connectivity index (χ1n) is 3.90. The number of aliphatic carboxylic acids is 1. The molecule has 1 heterocycles. The van der Waals surface area contributed by atoms with Crippen LogP contribution in [0, 0.1) is 11.3 Å². The molecular formula is C9H9NO2S. The lowest BCUT2D eigenvalue weighted by atomic mass is 10.0. The Morgan fingerprint density at radius 3 is 2.92 bits per heavy atom. The molecule has 68 valence electrons. The lowest BCUT2D eigenvalue weighted by molar-refractivity contribution is -0.138. The lowest BCUT2D eigenvalue weighted by Crippen LogP contribution is -2.08. The largest absolute Gasteiger partial charge is 0.481 e. The van der Waals surface area contributed by atoms with Crippen LogP contribution in [-0.4, -0.2) is 11.1 Å². The molecule has 4 heteroatoms. The summed E-state index contributed by atoms with van der Waals surface area (Å²) in [4.78, 5) is 11.5. The highest BCUT2D eigenvalue weighted by atomic mass is 32.1. The van der Waals surface area contributed by atoms with Gasteiger partial charge in [0.1, 0.15) is 6.07 Å². The third-order valence-electron chi connectivity index (χ3n) is 1.80. The molecule has 0 radical (unpaired) electrons. The van der Waals surface area contributed by atoms with Crippen molar-refractivity contribution in [3.05, 3.63) is 21.9 Å². The van der Waals surface area contributed by atoms with E-state index in [4.69, 9.17) is 10.4 Å². The van der Waals surface area contributed by atoms with Crippen molar-refractivity contribution in [2.45, 2.75) is 19.3 Å². The summed E-state index contributed by atoms with van der Waals surface area (Å²) in [6.45, 7) is 1.82. The number of nitrogens with zero attached hydrogens (tertiary/aromatic N) is 1. The maximum atomic E-state index is 10.8. The molecule has 0 amide bonds. The summed E-state index contributed by atoms with van der Waals surface area (Å²) in [5.74, 6) is -1.29. The van der Waals surface area contributed by atoms with Gasteiger partial charge in [-0.2, -0.15) is 5.26 Å². The molecule has 1 aromatic heterocycles. The summed E-state index contributed by atoms with van der Waals surface area (Å²) in [5, 5.41) is 19.1. The Balaban J connectivity index is 2.93. The van der Waals surface area contributed by atoms with Gasteiger partial charge in [0.25, 0.3) is 0 Å². The molecule has 13 heavy (non-hydrogen) atoms. The summed E-state index contributed by atoms with van der Waals surface area (Å²) in [7, 11) is 0. The van der Waals surface area contributed by atoms with Crippen LogP contribution in [0.1, 0.15) is 29.7 Å². The molecule has 0 aliphatic heterocycles. The van der Waals surface area contributed by atoms with Gasteiger partial charge in [-0.25, -0.2) is 0 Å². The van der Waals surface area contributed by atoms with E-state index in [1.165, 1.54) is 11.3 Å². The molecule has 0 saturated heterocycles. The zero-order valence-electron chi connectivity index (χ0n) is 7.15. The first-order valence-corrected chi connectivity index (χ1v) is 4.78. The maximum Gasteiger partial charge on any atom is 0.311 e. The number of thiophene rings is 1. The highest BCUT2D eigenvalue weighted by molar-refractivity contribution is 7.10. The van der Waals surface area contributed by atoms with Crippen molar-refractivity contribution in [3.8, 4) is 6.07 Å². The van der Waals surface area contributed by atoms with Crippen LogP contribution >= 0.6 is 11.3 Å². The highest BCUT2D eigenvalue weighted by Gasteiger charge is 2.19. The summed E-state index contributed by atoms with van der Waals surface area (Å²) < 4.78 is 0. The summed E-state index contributed by atoms with van der Waals surface area (Å²) in [5.41, 5.74) is 0.541. The maximum absolute atomic E-state index is 10.8. The number of hydrogen-bond acceptors (Lipinski definition) is 3. The van der Waals surface area contributed by atoms with Crippen molar-refractivity contribution in [1.29, 1.82) is 5.26 Å².